The van der Waals surface area contributed by atoms with E-state index in [1.165, 1.54) is 67.2 Å². The first kappa shape index (κ1) is 18.0. The van der Waals surface area contributed by atoms with Gasteiger partial charge < -0.3 is 5.32 Å². The lowest BCUT2D eigenvalue weighted by molar-refractivity contribution is 0.509. The molecule has 5 heteroatoms. The molecule has 0 aliphatic heterocycles. The van der Waals surface area contributed by atoms with Gasteiger partial charge in [-0.15, -0.1) is 11.3 Å². The maximum absolute atomic E-state index is 5.04. The minimum atomic E-state index is 0.528. The van der Waals surface area contributed by atoms with Crippen LogP contribution in [0.25, 0.3) is 21.6 Å². The molecule has 3 heterocycles. The summed E-state index contributed by atoms with van der Waals surface area (Å²) in [5.74, 6) is 2.62. The lowest BCUT2D eigenvalue weighted by Gasteiger charge is -2.21. The van der Waals surface area contributed by atoms with Gasteiger partial charge in [0, 0.05) is 28.9 Å². The molecule has 4 nitrogen and oxygen atoms in total. The van der Waals surface area contributed by atoms with E-state index in [2.05, 4.69) is 23.3 Å². The second kappa shape index (κ2) is 7.78. The number of rotatable bonds is 3. The molecule has 0 saturated heterocycles. The summed E-state index contributed by atoms with van der Waals surface area (Å²) in [4.78, 5) is 17.0. The Balaban J connectivity index is 1.61. The number of hydrogen-bond donors (Lipinski definition) is 1. The summed E-state index contributed by atoms with van der Waals surface area (Å²) in [7, 11) is 0. The Morgan fingerprint density at radius 3 is 2.71 bits per heavy atom. The summed E-state index contributed by atoms with van der Waals surface area (Å²) in [5.41, 5.74) is 2.50. The number of nitrogens with zero attached hydrogens (tertiary/aromatic N) is 3. The lowest BCUT2D eigenvalue weighted by atomic mass is 9.89. The van der Waals surface area contributed by atoms with Crippen LogP contribution < -0.4 is 5.32 Å². The number of pyridine rings is 1. The molecule has 1 saturated carbocycles. The first-order valence-electron chi connectivity index (χ1n) is 10.8. The topological polar surface area (TPSA) is 50.7 Å². The van der Waals surface area contributed by atoms with E-state index in [1.807, 2.05) is 23.6 Å². The van der Waals surface area contributed by atoms with Crippen molar-refractivity contribution in [3.8, 4) is 11.4 Å². The Kier molecular flexibility index (Phi) is 5.02. The van der Waals surface area contributed by atoms with Crippen molar-refractivity contribution in [1.82, 2.24) is 15.0 Å². The average molecular weight is 393 g/mol. The van der Waals surface area contributed by atoms with Gasteiger partial charge in [0.2, 0.25) is 0 Å². The van der Waals surface area contributed by atoms with Crippen molar-refractivity contribution in [2.24, 2.45) is 5.92 Å². The highest BCUT2D eigenvalue weighted by molar-refractivity contribution is 7.19. The third-order valence-electron chi connectivity index (χ3n) is 6.27. The van der Waals surface area contributed by atoms with Gasteiger partial charge in [-0.2, -0.15) is 0 Å². The van der Waals surface area contributed by atoms with Gasteiger partial charge in [0.25, 0.3) is 0 Å². The number of fused-ring (bicyclic) bond motifs is 3. The summed E-state index contributed by atoms with van der Waals surface area (Å²) in [5, 5.41) is 5.15. The summed E-state index contributed by atoms with van der Waals surface area (Å²) < 4.78 is 0. The van der Waals surface area contributed by atoms with Gasteiger partial charge in [0.15, 0.2) is 5.82 Å². The molecule has 0 amide bonds. The zero-order valence-electron chi connectivity index (χ0n) is 16.6. The average Bonchev–Trinajstić information content (AvgIpc) is 2.88. The Morgan fingerprint density at radius 2 is 1.93 bits per heavy atom. The molecule has 0 radical (unpaired) electrons. The molecule has 2 aliphatic carbocycles. The number of hydrogen-bond acceptors (Lipinski definition) is 5. The highest BCUT2D eigenvalue weighted by Crippen LogP contribution is 2.41. The van der Waals surface area contributed by atoms with E-state index in [9.17, 15) is 0 Å². The van der Waals surface area contributed by atoms with Crippen molar-refractivity contribution in [1.29, 1.82) is 0 Å². The van der Waals surface area contributed by atoms with Gasteiger partial charge in [-0.3, -0.25) is 4.98 Å². The van der Waals surface area contributed by atoms with E-state index in [4.69, 9.17) is 9.97 Å². The Bertz CT molecular complexity index is 958. The van der Waals surface area contributed by atoms with E-state index < -0.39 is 0 Å². The molecule has 3 aromatic heterocycles. The summed E-state index contributed by atoms with van der Waals surface area (Å²) in [6, 6.07) is 4.54. The first-order valence-corrected chi connectivity index (χ1v) is 11.6. The minimum Gasteiger partial charge on any atom is -0.367 e. The second-order valence-corrected chi connectivity index (χ2v) is 9.59. The SMILES string of the molecule is CC1CCc2c(sc3nc(-c4cccnc4)nc(NC4CCCCCC4)c23)C1. The van der Waals surface area contributed by atoms with E-state index in [1.54, 1.807) is 6.20 Å². The Morgan fingerprint density at radius 1 is 1.07 bits per heavy atom. The molecular formula is C23H28N4S. The highest BCUT2D eigenvalue weighted by atomic mass is 32.1. The van der Waals surface area contributed by atoms with E-state index >= 15 is 0 Å². The Labute approximate surface area is 170 Å². The summed E-state index contributed by atoms with van der Waals surface area (Å²) in [6.07, 6.45) is 15.1. The van der Waals surface area contributed by atoms with Crippen LogP contribution in [0, 0.1) is 5.92 Å². The molecule has 28 heavy (non-hydrogen) atoms. The molecule has 1 atom stereocenters. The van der Waals surface area contributed by atoms with Crippen LogP contribution >= 0.6 is 11.3 Å². The highest BCUT2D eigenvalue weighted by Gasteiger charge is 2.25. The number of thiophene rings is 1. The van der Waals surface area contributed by atoms with E-state index in [-0.39, 0.29) is 0 Å². The van der Waals surface area contributed by atoms with Gasteiger partial charge in [0.05, 0.1) is 5.39 Å². The molecule has 0 spiro atoms. The monoisotopic (exact) mass is 392 g/mol. The maximum atomic E-state index is 5.04. The van der Waals surface area contributed by atoms with Crippen LogP contribution in [0.4, 0.5) is 5.82 Å². The van der Waals surface area contributed by atoms with Crippen molar-refractivity contribution < 1.29 is 0 Å². The van der Waals surface area contributed by atoms with Crippen LogP contribution in [0.3, 0.4) is 0 Å². The van der Waals surface area contributed by atoms with E-state index in [0.29, 0.717) is 6.04 Å². The molecular weight excluding hydrogens is 364 g/mol. The van der Waals surface area contributed by atoms with Crippen LogP contribution in [-0.2, 0) is 12.8 Å². The quantitative estimate of drug-likeness (QED) is 0.554. The van der Waals surface area contributed by atoms with Gasteiger partial charge >= 0.3 is 0 Å². The van der Waals surface area contributed by atoms with Gasteiger partial charge in [-0.05, 0) is 55.7 Å². The van der Waals surface area contributed by atoms with Crippen molar-refractivity contribution in [2.75, 3.05) is 5.32 Å². The summed E-state index contributed by atoms with van der Waals surface area (Å²) in [6.45, 7) is 2.37. The smallest absolute Gasteiger partial charge is 0.164 e. The molecule has 1 unspecified atom stereocenters. The van der Waals surface area contributed by atoms with Gasteiger partial charge in [-0.1, -0.05) is 32.6 Å². The van der Waals surface area contributed by atoms with Crippen LogP contribution in [0.2, 0.25) is 0 Å². The lowest BCUT2D eigenvalue weighted by Crippen LogP contribution is -2.20. The zero-order chi connectivity index (χ0) is 18.9. The molecule has 1 fully saturated rings. The molecule has 0 aromatic carbocycles. The normalized spacial score (nSPS) is 20.7. The fourth-order valence-corrected chi connectivity index (χ4v) is 6.07. The van der Waals surface area contributed by atoms with Crippen molar-refractivity contribution in [2.45, 2.75) is 70.8 Å². The van der Waals surface area contributed by atoms with E-state index in [0.717, 1.165) is 34.4 Å². The fourth-order valence-electron chi connectivity index (χ4n) is 4.69. The number of nitrogens with one attached hydrogen (secondary N) is 1. The van der Waals surface area contributed by atoms with Crippen LogP contribution in [0.5, 0.6) is 0 Å². The van der Waals surface area contributed by atoms with Gasteiger partial charge in [-0.25, -0.2) is 9.97 Å². The largest absolute Gasteiger partial charge is 0.367 e. The number of anilines is 1. The van der Waals surface area contributed by atoms with Crippen LogP contribution in [0.15, 0.2) is 24.5 Å². The second-order valence-electron chi connectivity index (χ2n) is 8.50. The molecule has 5 rings (SSSR count). The standard InChI is InChI=1S/C23H28N4S/c1-15-10-11-18-19(13-15)28-23-20(18)22(25-17-8-4-2-3-5-9-17)26-21(27-23)16-7-6-12-24-14-16/h6-7,12,14-15,17H,2-5,8-11,13H2,1H3,(H,25,26,27). The molecule has 146 valence electrons. The van der Waals surface area contributed by atoms with Crippen molar-refractivity contribution >= 4 is 27.4 Å². The molecule has 2 aliphatic rings. The van der Waals surface area contributed by atoms with Crippen molar-refractivity contribution in [3.05, 3.63) is 35.0 Å². The van der Waals surface area contributed by atoms with Crippen molar-refractivity contribution in [3.63, 3.8) is 0 Å². The maximum Gasteiger partial charge on any atom is 0.164 e. The minimum absolute atomic E-state index is 0.528. The predicted octanol–water partition coefficient (Wildman–Crippen LogP) is 6.01. The molecule has 3 aromatic rings. The number of aryl methyl sites for hydroxylation is 1. The van der Waals surface area contributed by atoms with Gasteiger partial charge in [0.1, 0.15) is 10.6 Å². The molecule has 0 bridgehead atoms. The van der Waals surface area contributed by atoms with Crippen LogP contribution in [-0.4, -0.2) is 21.0 Å². The first-order chi connectivity index (χ1) is 13.8. The zero-order valence-corrected chi connectivity index (χ0v) is 17.4. The predicted molar refractivity (Wildman–Crippen MR) is 117 cm³/mol. The third kappa shape index (κ3) is 3.52. The summed E-state index contributed by atoms with van der Waals surface area (Å²) >= 11 is 1.88. The number of aromatic nitrogens is 3. The Hall–Kier alpha value is -2.01. The third-order valence-corrected chi connectivity index (χ3v) is 7.42. The van der Waals surface area contributed by atoms with Crippen LogP contribution in [0.1, 0.15) is 62.3 Å². The fraction of sp³-hybridized carbons (Fsp3) is 0.522. The molecule has 1 N–H and O–H groups in total.